The predicted octanol–water partition coefficient (Wildman–Crippen LogP) is -3.59. The van der Waals surface area contributed by atoms with Crippen LogP contribution in [0.5, 0.6) is 0 Å². The number of hydrogen-bond acceptors (Lipinski definition) is 7. The van der Waals surface area contributed by atoms with Gasteiger partial charge in [-0.25, -0.2) is 10.2 Å². The third kappa shape index (κ3) is 3.63. The highest BCUT2D eigenvalue weighted by atomic mass is 16.6. The van der Waals surface area contributed by atoms with Crippen LogP contribution < -0.4 is 16.1 Å². The molecular formula is C8H14N4O6. The Morgan fingerprint density at radius 3 is 2.67 bits per heavy atom. The number of hydrazone groups is 1. The third-order valence-corrected chi connectivity index (χ3v) is 2.20. The van der Waals surface area contributed by atoms with Crippen LogP contribution in [-0.4, -0.2) is 65.2 Å². The normalized spacial score (nSPS) is 31.3. The van der Waals surface area contributed by atoms with Gasteiger partial charge in [-0.3, -0.25) is 10.1 Å². The zero-order valence-corrected chi connectivity index (χ0v) is 9.18. The average Bonchev–Trinajstić information content (AvgIpc) is 2.62. The summed E-state index contributed by atoms with van der Waals surface area (Å²) in [7, 11) is 0. The number of hydrogen-bond donors (Lipinski definition) is 6. The standard InChI is InChI=1S/C8H14N4O6/c13-1-4-5(15)6(16)7(18-4)12-8(17)9-2-10-11-3-14/h2-7,13,15-16H,1H2,(H,11,14)(H2,9,10,12,17). The minimum atomic E-state index is -1.35. The van der Waals surface area contributed by atoms with E-state index in [0.29, 0.717) is 6.41 Å². The summed E-state index contributed by atoms with van der Waals surface area (Å²) in [4.78, 5) is 21.1. The van der Waals surface area contributed by atoms with Crippen molar-refractivity contribution in [1.82, 2.24) is 16.1 Å². The number of amides is 3. The van der Waals surface area contributed by atoms with Crippen molar-refractivity contribution >= 4 is 18.8 Å². The molecule has 0 aromatic heterocycles. The maximum absolute atomic E-state index is 11.2. The smallest absolute Gasteiger partial charge is 0.322 e. The second-order valence-corrected chi connectivity index (χ2v) is 3.38. The lowest BCUT2D eigenvalue weighted by Crippen LogP contribution is -2.47. The Balaban J connectivity index is 2.38. The summed E-state index contributed by atoms with van der Waals surface area (Å²) in [6, 6.07) is -0.763. The first kappa shape index (κ1) is 14.3. The summed E-state index contributed by atoms with van der Waals surface area (Å²) in [5.74, 6) is 0. The van der Waals surface area contributed by atoms with Gasteiger partial charge in [0.05, 0.1) is 6.61 Å². The number of rotatable bonds is 5. The average molecular weight is 262 g/mol. The molecule has 4 unspecified atom stereocenters. The van der Waals surface area contributed by atoms with Crippen LogP contribution in [0.3, 0.4) is 0 Å². The quantitative estimate of drug-likeness (QED) is 0.130. The van der Waals surface area contributed by atoms with E-state index in [4.69, 9.17) is 9.84 Å². The second kappa shape index (κ2) is 6.86. The van der Waals surface area contributed by atoms with E-state index in [1.54, 1.807) is 0 Å². The number of carbonyl (C=O) groups excluding carboxylic acids is 2. The van der Waals surface area contributed by atoms with E-state index in [0.717, 1.165) is 6.34 Å². The Hall–Kier alpha value is -1.75. The Morgan fingerprint density at radius 1 is 1.39 bits per heavy atom. The molecule has 1 rings (SSSR count). The maximum Gasteiger partial charge on any atom is 0.322 e. The van der Waals surface area contributed by atoms with E-state index >= 15 is 0 Å². The topological polar surface area (TPSA) is 153 Å². The molecule has 0 saturated carbocycles. The fourth-order valence-corrected chi connectivity index (χ4v) is 1.35. The lowest BCUT2D eigenvalue weighted by atomic mass is 10.1. The van der Waals surface area contributed by atoms with E-state index in [2.05, 4.69) is 15.7 Å². The van der Waals surface area contributed by atoms with Gasteiger partial charge in [-0.2, -0.15) is 5.10 Å². The Kier molecular flexibility index (Phi) is 5.45. The van der Waals surface area contributed by atoms with Gasteiger partial charge in [-0.15, -0.1) is 0 Å². The van der Waals surface area contributed by atoms with Gasteiger partial charge >= 0.3 is 6.03 Å². The number of urea groups is 1. The number of nitrogens with zero attached hydrogens (tertiary/aromatic N) is 1. The fourth-order valence-electron chi connectivity index (χ4n) is 1.35. The molecule has 4 atom stereocenters. The first-order valence-corrected chi connectivity index (χ1v) is 5.00. The molecule has 0 aromatic carbocycles. The number of ether oxygens (including phenoxy) is 1. The van der Waals surface area contributed by atoms with Crippen molar-refractivity contribution in [3.05, 3.63) is 0 Å². The van der Waals surface area contributed by atoms with Crippen LogP contribution in [0, 0.1) is 0 Å². The summed E-state index contributed by atoms with van der Waals surface area (Å²) < 4.78 is 4.99. The minimum absolute atomic E-state index is 0.308. The minimum Gasteiger partial charge on any atom is -0.394 e. The predicted molar refractivity (Wildman–Crippen MR) is 57.1 cm³/mol. The van der Waals surface area contributed by atoms with E-state index < -0.39 is 37.2 Å². The molecule has 10 nitrogen and oxygen atoms in total. The van der Waals surface area contributed by atoms with Crippen molar-refractivity contribution in [2.75, 3.05) is 6.61 Å². The number of nitrogens with one attached hydrogen (secondary N) is 3. The molecule has 0 bridgehead atoms. The molecular weight excluding hydrogens is 248 g/mol. The highest BCUT2D eigenvalue weighted by Gasteiger charge is 2.42. The molecule has 3 amide bonds. The molecule has 1 heterocycles. The summed E-state index contributed by atoms with van der Waals surface area (Å²) in [6.45, 7) is -0.483. The van der Waals surface area contributed by atoms with Crippen LogP contribution in [-0.2, 0) is 9.53 Å². The van der Waals surface area contributed by atoms with Crippen molar-refractivity contribution in [3.63, 3.8) is 0 Å². The third-order valence-electron chi connectivity index (χ3n) is 2.20. The zero-order chi connectivity index (χ0) is 13.5. The summed E-state index contributed by atoms with van der Waals surface area (Å²) in [5, 5.41) is 35.3. The SMILES string of the molecule is O=CNN=CNC(=O)NC1OC(CO)C(O)C1O. The van der Waals surface area contributed by atoms with Crippen molar-refractivity contribution in [2.24, 2.45) is 5.10 Å². The van der Waals surface area contributed by atoms with Crippen LogP contribution in [0.1, 0.15) is 0 Å². The first-order chi connectivity index (χ1) is 8.60. The van der Waals surface area contributed by atoms with Crippen LogP contribution in [0.25, 0.3) is 0 Å². The maximum atomic E-state index is 11.2. The van der Waals surface area contributed by atoms with E-state index in [1.807, 2.05) is 5.43 Å². The van der Waals surface area contributed by atoms with E-state index in [-0.39, 0.29) is 0 Å². The molecule has 6 N–H and O–H groups in total. The highest BCUT2D eigenvalue weighted by Crippen LogP contribution is 2.18. The first-order valence-electron chi connectivity index (χ1n) is 5.00. The molecule has 1 aliphatic rings. The van der Waals surface area contributed by atoms with Gasteiger partial charge in [-0.05, 0) is 0 Å². The Bertz CT molecular complexity index is 325. The summed E-state index contributed by atoms with van der Waals surface area (Å²) >= 11 is 0. The van der Waals surface area contributed by atoms with Crippen LogP contribution in [0.4, 0.5) is 4.79 Å². The lowest BCUT2D eigenvalue weighted by molar-refractivity contribution is -0.109. The molecule has 10 heteroatoms. The molecule has 0 radical (unpaired) electrons. The van der Waals surface area contributed by atoms with Gasteiger partial charge in [0.2, 0.25) is 6.41 Å². The summed E-state index contributed by atoms with van der Waals surface area (Å²) in [5.41, 5.74) is 1.92. The van der Waals surface area contributed by atoms with Crippen LogP contribution in [0.2, 0.25) is 0 Å². The Morgan fingerprint density at radius 2 is 2.11 bits per heavy atom. The zero-order valence-electron chi connectivity index (χ0n) is 9.18. The van der Waals surface area contributed by atoms with Gasteiger partial charge in [0, 0.05) is 0 Å². The Labute approximate surface area is 102 Å². The van der Waals surface area contributed by atoms with Crippen LogP contribution in [0.15, 0.2) is 5.10 Å². The van der Waals surface area contributed by atoms with Gasteiger partial charge in [0.1, 0.15) is 24.7 Å². The lowest BCUT2D eigenvalue weighted by Gasteiger charge is -2.15. The van der Waals surface area contributed by atoms with Gasteiger partial charge in [0.15, 0.2) is 6.23 Å². The monoisotopic (exact) mass is 262 g/mol. The van der Waals surface area contributed by atoms with Crippen molar-refractivity contribution in [2.45, 2.75) is 24.5 Å². The molecule has 102 valence electrons. The number of aliphatic hydroxyl groups excluding tert-OH is 3. The molecule has 1 saturated heterocycles. The van der Waals surface area contributed by atoms with Gasteiger partial charge in [-0.1, -0.05) is 0 Å². The van der Waals surface area contributed by atoms with Gasteiger partial charge < -0.3 is 25.4 Å². The van der Waals surface area contributed by atoms with Crippen LogP contribution >= 0.6 is 0 Å². The van der Waals surface area contributed by atoms with E-state index in [9.17, 15) is 19.8 Å². The van der Waals surface area contributed by atoms with Crippen molar-refractivity contribution in [3.8, 4) is 0 Å². The molecule has 1 fully saturated rings. The fraction of sp³-hybridized carbons (Fsp3) is 0.625. The molecule has 1 aliphatic heterocycles. The molecule has 0 aromatic rings. The highest BCUT2D eigenvalue weighted by molar-refractivity contribution is 5.86. The molecule has 18 heavy (non-hydrogen) atoms. The summed E-state index contributed by atoms with van der Waals surface area (Å²) in [6.07, 6.45) is -3.53. The van der Waals surface area contributed by atoms with Crippen molar-refractivity contribution in [1.29, 1.82) is 0 Å². The molecule has 0 aliphatic carbocycles. The van der Waals surface area contributed by atoms with Gasteiger partial charge in [0.25, 0.3) is 0 Å². The number of aliphatic hydroxyl groups is 3. The van der Waals surface area contributed by atoms with Crippen molar-refractivity contribution < 1.29 is 29.6 Å². The largest absolute Gasteiger partial charge is 0.394 e. The number of carbonyl (C=O) groups is 2. The molecule has 0 spiro atoms. The second-order valence-electron chi connectivity index (χ2n) is 3.38. The van der Waals surface area contributed by atoms with E-state index in [1.165, 1.54) is 0 Å².